The fraction of sp³-hybridized carbons (Fsp3) is 0.412. The minimum Gasteiger partial charge on any atom is -0.445 e. The Morgan fingerprint density at radius 3 is 2.65 bits per heavy atom. The van der Waals surface area contributed by atoms with E-state index >= 15 is 0 Å². The van der Waals surface area contributed by atoms with E-state index in [2.05, 4.69) is 15.6 Å². The Hall–Kier alpha value is -2.34. The summed E-state index contributed by atoms with van der Waals surface area (Å²) >= 11 is 0. The van der Waals surface area contributed by atoms with Crippen LogP contribution in [0.4, 0.5) is 10.5 Å². The molecule has 0 unspecified atom stereocenters. The zero-order valence-corrected chi connectivity index (χ0v) is 13.7. The van der Waals surface area contributed by atoms with Crippen LogP contribution >= 0.6 is 0 Å². The molecule has 23 heavy (non-hydrogen) atoms. The average molecular weight is 317 g/mol. The van der Waals surface area contributed by atoms with Crippen molar-refractivity contribution < 1.29 is 14.3 Å². The lowest BCUT2D eigenvalue weighted by molar-refractivity contribution is 0.155. The van der Waals surface area contributed by atoms with Crippen molar-refractivity contribution in [1.82, 2.24) is 10.3 Å². The molecule has 1 heterocycles. The van der Waals surface area contributed by atoms with Crippen LogP contribution in [0.25, 0.3) is 11.5 Å². The highest BCUT2D eigenvalue weighted by atomic mass is 16.3. The van der Waals surface area contributed by atoms with Gasteiger partial charge < -0.3 is 20.2 Å². The van der Waals surface area contributed by atoms with E-state index in [0.29, 0.717) is 24.4 Å². The number of urea groups is 1. The van der Waals surface area contributed by atoms with Gasteiger partial charge in [0.15, 0.2) is 0 Å². The molecule has 2 amide bonds. The quantitative estimate of drug-likeness (QED) is 0.762. The van der Waals surface area contributed by atoms with E-state index in [1.165, 1.54) is 6.26 Å². The van der Waals surface area contributed by atoms with Crippen LogP contribution in [0.2, 0.25) is 0 Å². The van der Waals surface area contributed by atoms with E-state index in [4.69, 9.17) is 4.42 Å². The second kappa shape index (κ2) is 7.28. The molecule has 124 valence electrons. The molecule has 1 aromatic carbocycles. The third kappa shape index (κ3) is 3.90. The first-order chi connectivity index (χ1) is 11.0. The molecular formula is C17H23N3O3. The average Bonchev–Trinajstić information content (AvgIpc) is 3.09. The number of oxazole rings is 1. The lowest BCUT2D eigenvalue weighted by Crippen LogP contribution is -2.52. The zero-order chi connectivity index (χ0) is 16.9. The number of carbonyl (C=O) groups is 1. The molecule has 0 spiro atoms. The molecule has 2 aromatic rings. The second-order valence-corrected chi connectivity index (χ2v) is 5.59. The Balaban J connectivity index is 2.16. The number of amides is 2. The van der Waals surface area contributed by atoms with Crippen LogP contribution in [0.15, 0.2) is 35.1 Å². The number of rotatable bonds is 6. The molecule has 3 N–H and O–H groups in total. The van der Waals surface area contributed by atoms with Crippen molar-refractivity contribution >= 4 is 11.7 Å². The number of benzene rings is 1. The van der Waals surface area contributed by atoms with E-state index in [9.17, 15) is 9.90 Å². The summed E-state index contributed by atoms with van der Waals surface area (Å²) in [5.41, 5.74) is 1.80. The highest BCUT2D eigenvalue weighted by Gasteiger charge is 2.27. The molecule has 0 radical (unpaired) electrons. The fourth-order valence-corrected chi connectivity index (χ4v) is 2.34. The molecule has 0 aliphatic rings. The number of nitrogens with zero attached hydrogens (tertiary/aromatic N) is 1. The summed E-state index contributed by atoms with van der Waals surface area (Å²) in [6, 6.07) is 5.27. The number of aryl methyl sites for hydroxylation is 1. The van der Waals surface area contributed by atoms with Crippen molar-refractivity contribution in [2.45, 2.75) is 39.2 Å². The summed E-state index contributed by atoms with van der Waals surface area (Å²) < 4.78 is 5.28. The van der Waals surface area contributed by atoms with Crippen LogP contribution in [-0.2, 0) is 0 Å². The third-order valence-corrected chi connectivity index (χ3v) is 4.20. The van der Waals surface area contributed by atoms with Gasteiger partial charge in [-0.25, -0.2) is 9.78 Å². The number of aromatic nitrogens is 1. The smallest absolute Gasteiger partial charge is 0.319 e. The number of nitrogens with one attached hydrogen (secondary N) is 2. The highest BCUT2D eigenvalue weighted by Crippen LogP contribution is 2.24. The van der Waals surface area contributed by atoms with Gasteiger partial charge in [-0.15, -0.1) is 0 Å². The summed E-state index contributed by atoms with van der Waals surface area (Å²) in [6.45, 7) is 5.69. The predicted octanol–water partition coefficient (Wildman–Crippen LogP) is 3.32. The van der Waals surface area contributed by atoms with Crippen molar-refractivity contribution in [3.63, 3.8) is 0 Å². The van der Waals surface area contributed by atoms with Crippen LogP contribution in [-0.4, -0.2) is 28.3 Å². The summed E-state index contributed by atoms with van der Waals surface area (Å²) in [5, 5.41) is 15.3. The molecule has 6 nitrogen and oxygen atoms in total. The molecular weight excluding hydrogens is 294 g/mol. The Morgan fingerprint density at radius 2 is 2.09 bits per heavy atom. The number of anilines is 1. The van der Waals surface area contributed by atoms with Gasteiger partial charge in [-0.05, 0) is 37.5 Å². The molecule has 6 heteroatoms. The number of carbonyl (C=O) groups excluding carboxylic acids is 1. The van der Waals surface area contributed by atoms with Gasteiger partial charge in [0.2, 0.25) is 5.89 Å². The van der Waals surface area contributed by atoms with Gasteiger partial charge in [0.05, 0.1) is 18.3 Å². The van der Waals surface area contributed by atoms with Gasteiger partial charge in [-0.3, -0.25) is 0 Å². The monoisotopic (exact) mass is 317 g/mol. The van der Waals surface area contributed by atoms with Crippen molar-refractivity contribution in [2.75, 3.05) is 11.9 Å². The molecule has 0 saturated carbocycles. The molecule has 0 fully saturated rings. The van der Waals surface area contributed by atoms with Gasteiger partial charge in [-0.2, -0.15) is 0 Å². The van der Waals surface area contributed by atoms with Crippen LogP contribution in [0.5, 0.6) is 0 Å². The van der Waals surface area contributed by atoms with E-state index in [-0.39, 0.29) is 12.6 Å². The Kier molecular flexibility index (Phi) is 5.39. The van der Waals surface area contributed by atoms with Gasteiger partial charge in [-0.1, -0.05) is 19.9 Å². The standard InChI is InChI=1S/C17H23N3O3/c1-4-17(5-2,11-21)20-16(22)19-14-10-13(7-6-12(14)3)15-18-8-9-23-15/h6-10,21H,4-5,11H2,1-3H3,(H2,19,20,22). The normalized spacial score (nSPS) is 11.3. The van der Waals surface area contributed by atoms with Gasteiger partial charge in [0.25, 0.3) is 0 Å². The number of aliphatic hydroxyl groups excluding tert-OH is 1. The second-order valence-electron chi connectivity index (χ2n) is 5.59. The molecule has 0 saturated heterocycles. The van der Waals surface area contributed by atoms with Crippen molar-refractivity contribution in [3.05, 3.63) is 36.2 Å². The van der Waals surface area contributed by atoms with Crippen molar-refractivity contribution in [2.24, 2.45) is 0 Å². The lowest BCUT2D eigenvalue weighted by atomic mass is 9.94. The molecule has 0 bridgehead atoms. The third-order valence-electron chi connectivity index (χ3n) is 4.20. The van der Waals surface area contributed by atoms with E-state index < -0.39 is 5.54 Å². The molecule has 0 aliphatic heterocycles. The summed E-state index contributed by atoms with van der Waals surface area (Å²) in [4.78, 5) is 16.4. The van der Waals surface area contributed by atoms with Gasteiger partial charge >= 0.3 is 6.03 Å². The minimum atomic E-state index is -0.599. The molecule has 0 atom stereocenters. The van der Waals surface area contributed by atoms with Crippen LogP contribution in [0.3, 0.4) is 0 Å². The van der Waals surface area contributed by atoms with Gasteiger partial charge in [0, 0.05) is 11.3 Å². The van der Waals surface area contributed by atoms with Gasteiger partial charge in [0.1, 0.15) is 6.26 Å². The molecule has 0 aliphatic carbocycles. The van der Waals surface area contributed by atoms with E-state index in [0.717, 1.165) is 11.1 Å². The number of hydrogen-bond acceptors (Lipinski definition) is 4. The fourth-order valence-electron chi connectivity index (χ4n) is 2.34. The SMILES string of the molecule is CCC(CC)(CO)NC(=O)Nc1cc(-c2ncco2)ccc1C. The first kappa shape index (κ1) is 17.0. The van der Waals surface area contributed by atoms with Crippen LogP contribution in [0, 0.1) is 6.92 Å². The first-order valence-corrected chi connectivity index (χ1v) is 7.74. The topological polar surface area (TPSA) is 87.4 Å². The summed E-state index contributed by atoms with van der Waals surface area (Å²) in [7, 11) is 0. The van der Waals surface area contributed by atoms with Crippen LogP contribution < -0.4 is 10.6 Å². The maximum atomic E-state index is 12.3. The number of aliphatic hydroxyl groups is 1. The van der Waals surface area contributed by atoms with Crippen molar-refractivity contribution in [3.8, 4) is 11.5 Å². The summed E-state index contributed by atoms with van der Waals surface area (Å²) in [5.74, 6) is 0.500. The summed E-state index contributed by atoms with van der Waals surface area (Å²) in [6.07, 6.45) is 4.39. The maximum Gasteiger partial charge on any atom is 0.319 e. The molecule has 2 rings (SSSR count). The Bertz CT molecular complexity index is 641. The highest BCUT2D eigenvalue weighted by molar-refractivity contribution is 5.91. The Labute approximate surface area is 135 Å². The predicted molar refractivity (Wildman–Crippen MR) is 89.2 cm³/mol. The lowest BCUT2D eigenvalue weighted by Gasteiger charge is -2.30. The minimum absolute atomic E-state index is 0.0945. The van der Waals surface area contributed by atoms with Crippen molar-refractivity contribution in [1.29, 1.82) is 0 Å². The first-order valence-electron chi connectivity index (χ1n) is 7.74. The largest absolute Gasteiger partial charge is 0.445 e. The zero-order valence-electron chi connectivity index (χ0n) is 13.7. The van der Waals surface area contributed by atoms with E-state index in [1.54, 1.807) is 6.20 Å². The Morgan fingerprint density at radius 1 is 1.35 bits per heavy atom. The molecule has 1 aromatic heterocycles. The number of hydrogen-bond donors (Lipinski definition) is 3. The van der Waals surface area contributed by atoms with Crippen LogP contribution in [0.1, 0.15) is 32.3 Å². The maximum absolute atomic E-state index is 12.3. The van der Waals surface area contributed by atoms with E-state index in [1.807, 2.05) is 39.0 Å².